The summed E-state index contributed by atoms with van der Waals surface area (Å²) in [6, 6.07) is 14.9. The van der Waals surface area contributed by atoms with Crippen molar-refractivity contribution < 1.29 is 9.45 Å². The Balaban J connectivity index is 1.63. The second-order valence-corrected chi connectivity index (χ2v) is 6.79. The number of benzene rings is 2. The van der Waals surface area contributed by atoms with Gasteiger partial charge in [0.2, 0.25) is 0 Å². The highest BCUT2D eigenvalue weighted by atomic mass is 16.4. The number of nitrogens with zero attached hydrogens (tertiary/aromatic N) is 1. The first kappa shape index (κ1) is 19.3. The zero-order chi connectivity index (χ0) is 19.1. The molecule has 0 unspecified atom stereocenters. The quantitative estimate of drug-likeness (QED) is 0.399. The van der Waals surface area contributed by atoms with E-state index in [0.717, 1.165) is 43.9 Å². The van der Waals surface area contributed by atoms with Gasteiger partial charge in [0.15, 0.2) is 0 Å². The van der Waals surface area contributed by atoms with Crippen LogP contribution in [-0.2, 0) is 4.65 Å². The van der Waals surface area contributed by atoms with Gasteiger partial charge in [-0.2, -0.15) is 0 Å². The van der Waals surface area contributed by atoms with Crippen molar-refractivity contribution in [1.82, 2.24) is 5.23 Å². The van der Waals surface area contributed by atoms with Gasteiger partial charge in [-0.1, -0.05) is 18.2 Å². The molecule has 1 aliphatic heterocycles. The number of nitrogens with two attached hydrogens (primary N) is 1. The van der Waals surface area contributed by atoms with Crippen molar-refractivity contribution in [3.63, 3.8) is 0 Å². The lowest BCUT2D eigenvalue weighted by Crippen LogP contribution is -2.38. The first-order valence-corrected chi connectivity index (χ1v) is 9.26. The van der Waals surface area contributed by atoms with Gasteiger partial charge in [0.1, 0.15) is 0 Å². The highest BCUT2D eigenvalue weighted by Crippen LogP contribution is 2.29. The number of para-hydroxylation sites is 1. The Morgan fingerprint density at radius 3 is 2.67 bits per heavy atom. The molecule has 7 heteroatoms. The van der Waals surface area contributed by atoms with Gasteiger partial charge in [-0.05, 0) is 55.6 Å². The third kappa shape index (κ3) is 5.24. The molecule has 2 aromatic rings. The van der Waals surface area contributed by atoms with E-state index in [0.29, 0.717) is 17.2 Å². The Hall–Kier alpha value is -2.51. The molecule has 1 heterocycles. The van der Waals surface area contributed by atoms with E-state index in [2.05, 4.69) is 15.4 Å². The molecule has 1 saturated heterocycles. The summed E-state index contributed by atoms with van der Waals surface area (Å²) < 4.78 is 4.92. The van der Waals surface area contributed by atoms with E-state index in [9.17, 15) is 4.79 Å². The van der Waals surface area contributed by atoms with Crippen LogP contribution in [0.1, 0.15) is 23.2 Å². The molecular formula is C20H26BN4O2. The first-order valence-electron chi connectivity index (χ1n) is 9.26. The minimum atomic E-state index is -0.128. The summed E-state index contributed by atoms with van der Waals surface area (Å²) in [6.07, 6.45) is 2.15. The molecule has 1 fully saturated rings. The van der Waals surface area contributed by atoms with Crippen LogP contribution in [-0.4, -0.2) is 40.3 Å². The summed E-state index contributed by atoms with van der Waals surface area (Å²) in [6.45, 7) is 2.76. The molecule has 0 atom stereocenters. The van der Waals surface area contributed by atoms with Crippen molar-refractivity contribution in [2.24, 2.45) is 5.92 Å². The monoisotopic (exact) mass is 365 g/mol. The lowest BCUT2D eigenvalue weighted by molar-refractivity contribution is 0.102. The topological polar surface area (TPSA) is 79.6 Å². The summed E-state index contributed by atoms with van der Waals surface area (Å²) in [5.41, 5.74) is 9.23. The normalized spacial score (nSPS) is 14.8. The highest BCUT2D eigenvalue weighted by molar-refractivity contribution is 6.23. The fraction of sp³-hybridized carbons (Fsp3) is 0.350. The number of hydrogen-bond acceptors (Lipinski definition) is 5. The molecule has 6 nitrogen and oxygen atoms in total. The van der Waals surface area contributed by atoms with Gasteiger partial charge >= 0.3 is 7.62 Å². The van der Waals surface area contributed by atoms with Gasteiger partial charge in [0.25, 0.3) is 5.91 Å². The maximum Gasteiger partial charge on any atom is 0.395 e. The maximum absolute atomic E-state index is 12.6. The van der Waals surface area contributed by atoms with E-state index in [1.54, 1.807) is 20.8 Å². The van der Waals surface area contributed by atoms with Crippen LogP contribution < -0.4 is 21.2 Å². The minimum absolute atomic E-state index is 0.128. The molecule has 0 aliphatic carbocycles. The van der Waals surface area contributed by atoms with E-state index >= 15 is 0 Å². The first-order chi connectivity index (χ1) is 13.2. The van der Waals surface area contributed by atoms with Gasteiger partial charge in [-0.25, -0.2) is 0 Å². The van der Waals surface area contributed by atoms with Gasteiger partial charge in [0, 0.05) is 31.5 Å². The molecule has 0 spiro atoms. The number of hydrogen-bond donors (Lipinski definition) is 3. The Labute approximate surface area is 161 Å². The number of piperidine rings is 1. The van der Waals surface area contributed by atoms with Crippen molar-refractivity contribution in [1.29, 1.82) is 0 Å². The van der Waals surface area contributed by atoms with Crippen LogP contribution in [0.5, 0.6) is 0 Å². The lowest BCUT2D eigenvalue weighted by atomic mass is 9.95. The number of amides is 1. The zero-order valence-corrected chi connectivity index (χ0v) is 15.7. The van der Waals surface area contributed by atoms with Crippen LogP contribution in [0.25, 0.3) is 0 Å². The van der Waals surface area contributed by atoms with Crippen LogP contribution in [0.15, 0.2) is 48.5 Å². The summed E-state index contributed by atoms with van der Waals surface area (Å²) >= 11 is 0. The SMILES string of the molecule is CO[B]NCC1CCN(c2cc(C(=O)Nc3ccccc3)ccc2N)CC1. The van der Waals surface area contributed by atoms with Gasteiger partial charge < -0.3 is 25.8 Å². The predicted octanol–water partition coefficient (Wildman–Crippen LogP) is 2.51. The minimum Gasteiger partial charge on any atom is -0.427 e. The fourth-order valence-electron chi connectivity index (χ4n) is 3.36. The molecule has 2 aromatic carbocycles. The molecular weight excluding hydrogens is 339 g/mol. The van der Waals surface area contributed by atoms with Crippen molar-refractivity contribution in [3.05, 3.63) is 54.1 Å². The van der Waals surface area contributed by atoms with E-state index in [1.165, 1.54) is 0 Å². The maximum atomic E-state index is 12.6. The molecule has 0 aromatic heterocycles. The highest BCUT2D eigenvalue weighted by Gasteiger charge is 2.21. The van der Waals surface area contributed by atoms with Crippen LogP contribution in [0.3, 0.4) is 0 Å². The van der Waals surface area contributed by atoms with Crippen molar-refractivity contribution >= 4 is 30.6 Å². The third-order valence-electron chi connectivity index (χ3n) is 4.89. The number of nitrogen functional groups attached to an aromatic ring is 1. The Bertz CT molecular complexity index is 749. The van der Waals surface area contributed by atoms with Gasteiger partial charge in [0.05, 0.1) is 11.4 Å². The summed E-state index contributed by atoms with van der Waals surface area (Å²) in [5, 5.41) is 6.10. The smallest absolute Gasteiger partial charge is 0.395 e. The molecule has 1 amide bonds. The predicted molar refractivity (Wildman–Crippen MR) is 111 cm³/mol. The van der Waals surface area contributed by atoms with Crippen molar-refractivity contribution in [3.8, 4) is 0 Å². The number of carbonyl (C=O) groups is 1. The van der Waals surface area contributed by atoms with E-state index in [4.69, 9.17) is 10.4 Å². The van der Waals surface area contributed by atoms with E-state index < -0.39 is 0 Å². The van der Waals surface area contributed by atoms with Gasteiger partial charge in [-0.3, -0.25) is 4.79 Å². The Morgan fingerprint density at radius 2 is 1.96 bits per heavy atom. The molecule has 4 N–H and O–H groups in total. The van der Waals surface area contributed by atoms with Gasteiger partial charge in [-0.15, -0.1) is 0 Å². The number of rotatable bonds is 7. The second kappa shape index (κ2) is 9.44. The molecule has 1 aliphatic rings. The average molecular weight is 365 g/mol. The van der Waals surface area contributed by atoms with E-state index in [-0.39, 0.29) is 5.91 Å². The van der Waals surface area contributed by atoms with Crippen LogP contribution in [0.2, 0.25) is 0 Å². The molecule has 141 valence electrons. The number of anilines is 3. The second-order valence-electron chi connectivity index (χ2n) is 6.79. The summed E-state index contributed by atoms with van der Waals surface area (Å²) in [5.74, 6) is 0.482. The molecule has 0 saturated carbocycles. The Morgan fingerprint density at radius 1 is 1.22 bits per heavy atom. The van der Waals surface area contributed by atoms with Crippen molar-refractivity contribution in [2.45, 2.75) is 12.8 Å². The summed E-state index contributed by atoms with van der Waals surface area (Å²) in [7, 11) is 3.26. The third-order valence-corrected chi connectivity index (χ3v) is 4.89. The van der Waals surface area contributed by atoms with E-state index in [1.807, 2.05) is 42.5 Å². The average Bonchev–Trinajstić information content (AvgIpc) is 2.70. The largest absolute Gasteiger partial charge is 0.427 e. The van der Waals surface area contributed by atoms with Crippen LogP contribution >= 0.6 is 0 Å². The van der Waals surface area contributed by atoms with Crippen molar-refractivity contribution in [2.75, 3.05) is 42.7 Å². The lowest BCUT2D eigenvalue weighted by Gasteiger charge is -2.34. The van der Waals surface area contributed by atoms with Crippen LogP contribution in [0.4, 0.5) is 17.1 Å². The molecule has 1 radical (unpaired) electrons. The number of carbonyl (C=O) groups excluding carboxylic acids is 1. The standard InChI is InChI=1S/C20H26BN4O2/c1-27-21-23-14-15-9-11-25(12-10-15)19-13-16(7-8-18(19)22)20(26)24-17-5-3-2-4-6-17/h2-8,13,15,23H,9-12,14,22H2,1H3,(H,24,26). The Kier molecular flexibility index (Phi) is 6.73. The van der Waals surface area contributed by atoms with Crippen LogP contribution in [0, 0.1) is 5.92 Å². The molecule has 3 rings (SSSR count). The number of nitrogens with one attached hydrogen (secondary N) is 2. The zero-order valence-electron chi connectivity index (χ0n) is 15.7. The fourth-order valence-corrected chi connectivity index (χ4v) is 3.36. The molecule has 0 bridgehead atoms. The molecule has 27 heavy (non-hydrogen) atoms. The summed E-state index contributed by atoms with van der Waals surface area (Å²) in [4.78, 5) is 14.8.